The second-order valence-corrected chi connectivity index (χ2v) is 5.41. The van der Waals surface area contributed by atoms with Crippen molar-refractivity contribution in [2.24, 2.45) is 17.4 Å². The molecular formula is C13H27N3O. The van der Waals surface area contributed by atoms with Crippen molar-refractivity contribution in [1.82, 2.24) is 5.32 Å². The lowest BCUT2D eigenvalue weighted by Crippen LogP contribution is -2.50. The molecule has 0 saturated heterocycles. The van der Waals surface area contributed by atoms with E-state index in [-0.39, 0.29) is 23.4 Å². The van der Waals surface area contributed by atoms with Gasteiger partial charge in [0.25, 0.3) is 0 Å². The third kappa shape index (κ3) is 4.28. The Morgan fingerprint density at radius 3 is 2.53 bits per heavy atom. The molecule has 1 aliphatic carbocycles. The van der Waals surface area contributed by atoms with E-state index in [1.54, 1.807) is 0 Å². The van der Waals surface area contributed by atoms with Gasteiger partial charge in [-0.1, -0.05) is 20.3 Å². The van der Waals surface area contributed by atoms with Crippen LogP contribution in [-0.4, -0.2) is 24.0 Å². The van der Waals surface area contributed by atoms with E-state index >= 15 is 0 Å². The van der Waals surface area contributed by atoms with Gasteiger partial charge in [-0.3, -0.25) is 4.79 Å². The van der Waals surface area contributed by atoms with Crippen LogP contribution in [0, 0.1) is 5.92 Å². The molecule has 1 aliphatic rings. The lowest BCUT2D eigenvalue weighted by Gasteiger charge is -2.30. The zero-order valence-corrected chi connectivity index (χ0v) is 11.2. The van der Waals surface area contributed by atoms with E-state index in [9.17, 15) is 4.79 Å². The van der Waals surface area contributed by atoms with Crippen molar-refractivity contribution in [1.29, 1.82) is 0 Å². The summed E-state index contributed by atoms with van der Waals surface area (Å²) in [4.78, 5) is 12.0. The van der Waals surface area contributed by atoms with E-state index in [2.05, 4.69) is 19.2 Å². The monoisotopic (exact) mass is 241 g/mol. The van der Waals surface area contributed by atoms with Crippen LogP contribution in [0.25, 0.3) is 0 Å². The van der Waals surface area contributed by atoms with E-state index in [1.165, 1.54) is 0 Å². The van der Waals surface area contributed by atoms with Crippen LogP contribution in [0.4, 0.5) is 0 Å². The normalized spacial score (nSPS) is 25.6. The number of amides is 1. The molecule has 0 heterocycles. The molecule has 2 atom stereocenters. The van der Waals surface area contributed by atoms with Crippen LogP contribution in [0.3, 0.4) is 0 Å². The van der Waals surface area contributed by atoms with Crippen LogP contribution < -0.4 is 16.8 Å². The quantitative estimate of drug-likeness (QED) is 0.675. The van der Waals surface area contributed by atoms with Crippen molar-refractivity contribution < 1.29 is 4.79 Å². The first-order valence-electron chi connectivity index (χ1n) is 6.83. The molecule has 1 fully saturated rings. The third-order valence-corrected chi connectivity index (χ3v) is 4.11. The fourth-order valence-electron chi connectivity index (χ4n) is 2.37. The molecule has 0 bridgehead atoms. The highest BCUT2D eigenvalue weighted by molar-refractivity contribution is 5.78. The van der Waals surface area contributed by atoms with Gasteiger partial charge in [-0.25, -0.2) is 0 Å². The Morgan fingerprint density at radius 1 is 1.35 bits per heavy atom. The number of nitrogens with two attached hydrogens (primary N) is 2. The number of rotatable bonds is 5. The number of carbonyl (C=O) groups excluding carboxylic acids is 1. The summed E-state index contributed by atoms with van der Waals surface area (Å²) in [7, 11) is 0. The topological polar surface area (TPSA) is 81.1 Å². The number of nitrogens with one attached hydrogen (secondary N) is 1. The van der Waals surface area contributed by atoms with Gasteiger partial charge in [-0.15, -0.1) is 0 Å². The molecule has 5 N–H and O–H groups in total. The molecule has 0 aromatic carbocycles. The highest BCUT2D eigenvalue weighted by atomic mass is 16.1. The summed E-state index contributed by atoms with van der Waals surface area (Å²) < 4.78 is 0. The molecule has 0 aliphatic heterocycles. The van der Waals surface area contributed by atoms with E-state index in [1.807, 2.05) is 0 Å². The van der Waals surface area contributed by atoms with Crippen molar-refractivity contribution in [2.45, 2.75) is 64.0 Å². The largest absolute Gasteiger partial charge is 0.354 e. The fourth-order valence-corrected chi connectivity index (χ4v) is 2.37. The van der Waals surface area contributed by atoms with Gasteiger partial charge in [-0.2, -0.15) is 0 Å². The molecule has 1 saturated carbocycles. The Kier molecular flexibility index (Phi) is 5.40. The van der Waals surface area contributed by atoms with E-state index in [0.717, 1.165) is 38.5 Å². The smallest absolute Gasteiger partial charge is 0.223 e. The van der Waals surface area contributed by atoms with Crippen molar-refractivity contribution in [3.05, 3.63) is 0 Å². The van der Waals surface area contributed by atoms with Crippen LogP contribution >= 0.6 is 0 Å². The van der Waals surface area contributed by atoms with Crippen LogP contribution in [-0.2, 0) is 4.79 Å². The Hall–Kier alpha value is -0.610. The maximum Gasteiger partial charge on any atom is 0.223 e. The lowest BCUT2D eigenvalue weighted by molar-refractivity contribution is -0.126. The van der Waals surface area contributed by atoms with Crippen molar-refractivity contribution in [2.75, 3.05) is 6.54 Å². The standard InChI is InChI=1S/C13H27N3O/c1-3-13(15,4-2)9-16-12(17)10-6-5-7-11(14)8-10/h10-11H,3-9,14-15H2,1-2H3,(H,16,17). The second-order valence-electron chi connectivity index (χ2n) is 5.41. The molecule has 0 aromatic heterocycles. The lowest BCUT2D eigenvalue weighted by atomic mass is 9.85. The third-order valence-electron chi connectivity index (χ3n) is 4.11. The summed E-state index contributed by atoms with van der Waals surface area (Å²) >= 11 is 0. The maximum atomic E-state index is 12.0. The Bertz CT molecular complexity index is 251. The van der Waals surface area contributed by atoms with Crippen LogP contribution in [0.2, 0.25) is 0 Å². The van der Waals surface area contributed by atoms with Crippen molar-refractivity contribution in [3.8, 4) is 0 Å². The number of carbonyl (C=O) groups is 1. The summed E-state index contributed by atoms with van der Waals surface area (Å²) in [6.07, 6.45) is 5.67. The average Bonchev–Trinajstić information content (AvgIpc) is 2.35. The van der Waals surface area contributed by atoms with Gasteiger partial charge in [0.15, 0.2) is 0 Å². The summed E-state index contributed by atoms with van der Waals surface area (Å²) in [6.45, 7) is 4.70. The first-order valence-corrected chi connectivity index (χ1v) is 6.83. The highest BCUT2D eigenvalue weighted by Gasteiger charge is 2.27. The first kappa shape index (κ1) is 14.5. The Morgan fingerprint density at radius 2 is 2.00 bits per heavy atom. The van der Waals surface area contributed by atoms with Gasteiger partial charge in [0.05, 0.1) is 0 Å². The fraction of sp³-hybridized carbons (Fsp3) is 0.923. The van der Waals surface area contributed by atoms with Gasteiger partial charge >= 0.3 is 0 Å². The molecule has 0 aromatic rings. The van der Waals surface area contributed by atoms with E-state index in [4.69, 9.17) is 11.5 Å². The van der Waals surface area contributed by atoms with Gasteiger partial charge in [0.2, 0.25) is 5.91 Å². The zero-order chi connectivity index (χ0) is 12.9. The van der Waals surface area contributed by atoms with E-state index in [0.29, 0.717) is 6.54 Å². The minimum Gasteiger partial charge on any atom is -0.354 e. The highest BCUT2D eigenvalue weighted by Crippen LogP contribution is 2.23. The molecule has 100 valence electrons. The van der Waals surface area contributed by atoms with E-state index < -0.39 is 0 Å². The molecule has 0 radical (unpaired) electrons. The minimum atomic E-state index is -0.257. The van der Waals surface area contributed by atoms with Gasteiger partial charge in [0.1, 0.15) is 0 Å². The predicted molar refractivity (Wildman–Crippen MR) is 70.4 cm³/mol. The number of hydrogen-bond donors (Lipinski definition) is 3. The first-order chi connectivity index (χ1) is 8.00. The molecule has 4 heteroatoms. The van der Waals surface area contributed by atoms with Crippen LogP contribution in [0.1, 0.15) is 52.4 Å². The molecule has 4 nitrogen and oxygen atoms in total. The average molecular weight is 241 g/mol. The Labute approximate surface area is 105 Å². The second kappa shape index (κ2) is 6.36. The number of hydrogen-bond acceptors (Lipinski definition) is 3. The van der Waals surface area contributed by atoms with Crippen molar-refractivity contribution >= 4 is 5.91 Å². The van der Waals surface area contributed by atoms with Gasteiger partial charge in [0, 0.05) is 24.0 Å². The zero-order valence-electron chi connectivity index (χ0n) is 11.2. The Balaban J connectivity index is 2.38. The molecule has 0 spiro atoms. The van der Waals surface area contributed by atoms with Crippen LogP contribution in [0.5, 0.6) is 0 Å². The van der Waals surface area contributed by atoms with Gasteiger partial charge < -0.3 is 16.8 Å². The predicted octanol–water partition coefficient (Wildman–Crippen LogP) is 1.14. The molecule has 17 heavy (non-hydrogen) atoms. The molecule has 1 amide bonds. The summed E-state index contributed by atoms with van der Waals surface area (Å²) in [5, 5.41) is 3.00. The summed E-state index contributed by atoms with van der Waals surface area (Å²) in [5.41, 5.74) is 11.8. The SMILES string of the molecule is CCC(N)(CC)CNC(=O)C1CCCC(N)C1. The maximum absolute atomic E-state index is 12.0. The molecule has 1 rings (SSSR count). The molecule has 2 unspecified atom stereocenters. The minimum absolute atomic E-state index is 0.0942. The van der Waals surface area contributed by atoms with Crippen LogP contribution in [0.15, 0.2) is 0 Å². The molecular weight excluding hydrogens is 214 g/mol. The summed E-state index contributed by atoms with van der Waals surface area (Å²) in [5.74, 6) is 0.230. The van der Waals surface area contributed by atoms with Crippen molar-refractivity contribution in [3.63, 3.8) is 0 Å². The van der Waals surface area contributed by atoms with Gasteiger partial charge in [-0.05, 0) is 32.1 Å². The summed E-state index contributed by atoms with van der Waals surface area (Å²) in [6, 6.07) is 0.194.